The normalized spacial score (nSPS) is 29.2. The van der Waals surface area contributed by atoms with Crippen LogP contribution in [0.15, 0.2) is 0 Å². The van der Waals surface area contributed by atoms with Crippen molar-refractivity contribution < 1.29 is 9.59 Å². The topological polar surface area (TPSA) is 87.5 Å². The number of hydrogen-bond acceptors (Lipinski definition) is 3. The summed E-state index contributed by atoms with van der Waals surface area (Å²) in [6.45, 7) is 1.50. The summed E-state index contributed by atoms with van der Waals surface area (Å²) < 4.78 is 0. The van der Waals surface area contributed by atoms with E-state index in [0.717, 1.165) is 64.5 Å². The molecular formula is C19H34N4O2. The summed E-state index contributed by atoms with van der Waals surface area (Å²) in [5, 5.41) is 6.22. The molecule has 6 nitrogen and oxygen atoms in total. The number of piperidine rings is 1. The molecule has 2 unspecified atom stereocenters. The van der Waals surface area contributed by atoms with Crippen LogP contribution in [0.2, 0.25) is 0 Å². The van der Waals surface area contributed by atoms with Gasteiger partial charge in [-0.2, -0.15) is 0 Å². The maximum absolute atomic E-state index is 12.7. The van der Waals surface area contributed by atoms with Gasteiger partial charge in [-0.25, -0.2) is 4.79 Å². The van der Waals surface area contributed by atoms with E-state index < -0.39 is 0 Å². The Morgan fingerprint density at radius 1 is 0.800 bits per heavy atom. The van der Waals surface area contributed by atoms with Crippen molar-refractivity contribution in [3.05, 3.63) is 0 Å². The zero-order chi connectivity index (χ0) is 17.6. The molecule has 0 radical (unpaired) electrons. The standard InChI is InChI=1S/C19H34N4O2/c20-15-6-4-5-14(13-15)18(24)23-11-9-17(10-12-23)22-19(25)21-16-7-2-1-3-8-16/h14-17H,1-13,20H2,(H2,21,22,25). The predicted octanol–water partition coefficient (Wildman–Crippen LogP) is 2.13. The second-order valence-electron chi connectivity index (χ2n) is 8.18. The lowest BCUT2D eigenvalue weighted by Gasteiger charge is -2.36. The van der Waals surface area contributed by atoms with Crippen LogP contribution in [0, 0.1) is 5.92 Å². The molecule has 0 aromatic heterocycles. The summed E-state index contributed by atoms with van der Waals surface area (Å²) >= 11 is 0. The molecule has 4 N–H and O–H groups in total. The van der Waals surface area contributed by atoms with E-state index in [1.807, 2.05) is 4.90 Å². The monoisotopic (exact) mass is 350 g/mol. The first kappa shape index (κ1) is 18.5. The average Bonchev–Trinajstić information content (AvgIpc) is 2.62. The minimum Gasteiger partial charge on any atom is -0.342 e. The lowest BCUT2D eigenvalue weighted by molar-refractivity contribution is -0.137. The fourth-order valence-corrected chi connectivity index (χ4v) is 4.61. The fraction of sp³-hybridized carbons (Fsp3) is 0.895. The largest absolute Gasteiger partial charge is 0.342 e. The maximum Gasteiger partial charge on any atom is 0.315 e. The van der Waals surface area contributed by atoms with Crippen LogP contribution in [0.3, 0.4) is 0 Å². The molecule has 0 aromatic rings. The highest BCUT2D eigenvalue weighted by Gasteiger charge is 2.31. The van der Waals surface area contributed by atoms with Crippen molar-refractivity contribution >= 4 is 11.9 Å². The van der Waals surface area contributed by atoms with Crippen LogP contribution in [-0.2, 0) is 4.79 Å². The molecule has 2 atom stereocenters. The van der Waals surface area contributed by atoms with Crippen LogP contribution in [0.5, 0.6) is 0 Å². The Bertz CT molecular complexity index is 456. The number of nitrogens with two attached hydrogens (primary N) is 1. The Balaban J connectivity index is 1.37. The SMILES string of the molecule is NC1CCCC(C(=O)N2CCC(NC(=O)NC3CCCCC3)CC2)C1. The summed E-state index contributed by atoms with van der Waals surface area (Å²) in [7, 11) is 0. The molecule has 3 aliphatic rings. The molecule has 3 rings (SSSR count). The number of nitrogens with zero attached hydrogens (tertiary/aromatic N) is 1. The number of urea groups is 1. The Labute approximate surface area is 151 Å². The molecule has 3 amide bonds. The Kier molecular flexibility index (Phi) is 6.57. The maximum atomic E-state index is 12.7. The van der Waals surface area contributed by atoms with Crippen molar-refractivity contribution in [2.24, 2.45) is 11.7 Å². The molecule has 1 heterocycles. The zero-order valence-electron chi connectivity index (χ0n) is 15.3. The second-order valence-corrected chi connectivity index (χ2v) is 8.18. The second kappa shape index (κ2) is 8.88. The zero-order valence-corrected chi connectivity index (χ0v) is 15.3. The van der Waals surface area contributed by atoms with Crippen LogP contribution in [0.4, 0.5) is 4.79 Å². The Morgan fingerprint density at radius 2 is 1.44 bits per heavy atom. The number of likely N-dealkylation sites (tertiary alicyclic amines) is 1. The Hall–Kier alpha value is -1.30. The number of carbonyl (C=O) groups excluding carboxylic acids is 2. The van der Waals surface area contributed by atoms with Crippen molar-refractivity contribution in [1.82, 2.24) is 15.5 Å². The number of hydrogen-bond donors (Lipinski definition) is 3. The first-order chi connectivity index (χ1) is 12.1. The van der Waals surface area contributed by atoms with E-state index in [1.165, 1.54) is 19.3 Å². The van der Waals surface area contributed by atoms with E-state index in [-0.39, 0.29) is 29.9 Å². The van der Waals surface area contributed by atoms with Gasteiger partial charge in [-0.15, -0.1) is 0 Å². The first-order valence-corrected chi connectivity index (χ1v) is 10.2. The van der Waals surface area contributed by atoms with Gasteiger partial charge in [0.1, 0.15) is 0 Å². The van der Waals surface area contributed by atoms with Gasteiger partial charge in [0.25, 0.3) is 0 Å². The summed E-state index contributed by atoms with van der Waals surface area (Å²) in [5.74, 6) is 0.392. The molecule has 142 valence electrons. The summed E-state index contributed by atoms with van der Waals surface area (Å²) in [6.07, 6.45) is 11.6. The van der Waals surface area contributed by atoms with E-state index in [1.54, 1.807) is 0 Å². The molecule has 25 heavy (non-hydrogen) atoms. The summed E-state index contributed by atoms with van der Waals surface area (Å²) in [6, 6.07) is 0.674. The third kappa shape index (κ3) is 5.33. The molecule has 0 spiro atoms. The van der Waals surface area contributed by atoms with Gasteiger partial charge in [0.15, 0.2) is 0 Å². The van der Waals surface area contributed by atoms with E-state index >= 15 is 0 Å². The van der Waals surface area contributed by atoms with Gasteiger partial charge in [0.05, 0.1) is 0 Å². The number of rotatable bonds is 3. The minimum absolute atomic E-state index is 0.0325. The molecule has 0 bridgehead atoms. The van der Waals surface area contributed by atoms with Crippen LogP contribution < -0.4 is 16.4 Å². The molecule has 0 aromatic carbocycles. The van der Waals surface area contributed by atoms with E-state index in [4.69, 9.17) is 5.73 Å². The van der Waals surface area contributed by atoms with Gasteiger partial charge in [-0.1, -0.05) is 25.7 Å². The highest BCUT2D eigenvalue weighted by molar-refractivity contribution is 5.79. The van der Waals surface area contributed by atoms with E-state index in [9.17, 15) is 9.59 Å². The van der Waals surface area contributed by atoms with Gasteiger partial charge in [0, 0.05) is 37.1 Å². The van der Waals surface area contributed by atoms with Crippen molar-refractivity contribution in [1.29, 1.82) is 0 Å². The third-order valence-corrected chi connectivity index (χ3v) is 6.15. The lowest BCUT2D eigenvalue weighted by Crippen LogP contribution is -2.52. The highest BCUT2D eigenvalue weighted by atomic mass is 16.2. The van der Waals surface area contributed by atoms with E-state index in [0.29, 0.717) is 6.04 Å². The lowest BCUT2D eigenvalue weighted by atomic mass is 9.85. The molecule has 1 aliphatic heterocycles. The van der Waals surface area contributed by atoms with Gasteiger partial charge in [-0.05, 0) is 44.9 Å². The molecule has 6 heteroatoms. The smallest absolute Gasteiger partial charge is 0.315 e. The highest BCUT2D eigenvalue weighted by Crippen LogP contribution is 2.26. The number of nitrogens with one attached hydrogen (secondary N) is 2. The van der Waals surface area contributed by atoms with Crippen LogP contribution in [-0.4, -0.2) is 48.1 Å². The van der Waals surface area contributed by atoms with Crippen molar-refractivity contribution in [3.63, 3.8) is 0 Å². The molecule has 2 aliphatic carbocycles. The summed E-state index contributed by atoms with van der Waals surface area (Å²) in [4.78, 5) is 26.8. The number of carbonyl (C=O) groups is 2. The third-order valence-electron chi connectivity index (χ3n) is 6.15. The minimum atomic E-state index is -0.0325. The number of amides is 3. The molecule has 2 saturated carbocycles. The Morgan fingerprint density at radius 3 is 2.08 bits per heavy atom. The molecular weight excluding hydrogens is 316 g/mol. The van der Waals surface area contributed by atoms with Gasteiger partial charge >= 0.3 is 6.03 Å². The quantitative estimate of drug-likeness (QED) is 0.728. The van der Waals surface area contributed by atoms with Crippen molar-refractivity contribution in [2.75, 3.05) is 13.1 Å². The van der Waals surface area contributed by atoms with Gasteiger partial charge in [0.2, 0.25) is 5.91 Å². The van der Waals surface area contributed by atoms with Crippen LogP contribution in [0.25, 0.3) is 0 Å². The molecule has 3 fully saturated rings. The van der Waals surface area contributed by atoms with Crippen molar-refractivity contribution in [2.45, 2.75) is 88.8 Å². The summed E-state index contributed by atoms with van der Waals surface area (Å²) in [5.41, 5.74) is 6.02. The van der Waals surface area contributed by atoms with E-state index in [2.05, 4.69) is 10.6 Å². The van der Waals surface area contributed by atoms with Gasteiger partial charge in [-0.3, -0.25) is 4.79 Å². The van der Waals surface area contributed by atoms with Crippen LogP contribution >= 0.6 is 0 Å². The fourth-order valence-electron chi connectivity index (χ4n) is 4.61. The molecule has 1 saturated heterocycles. The van der Waals surface area contributed by atoms with Crippen molar-refractivity contribution in [3.8, 4) is 0 Å². The predicted molar refractivity (Wildman–Crippen MR) is 98.1 cm³/mol. The average molecular weight is 351 g/mol. The van der Waals surface area contributed by atoms with Gasteiger partial charge < -0.3 is 21.3 Å². The first-order valence-electron chi connectivity index (χ1n) is 10.2. The van der Waals surface area contributed by atoms with Crippen LogP contribution in [0.1, 0.15) is 70.6 Å².